The predicted octanol–water partition coefficient (Wildman–Crippen LogP) is 3.51. The largest absolute Gasteiger partial charge is 0.306 e. The number of aryl methyl sites for hydroxylation is 1. The van der Waals surface area contributed by atoms with Gasteiger partial charge in [-0.15, -0.1) is 0 Å². The van der Waals surface area contributed by atoms with Gasteiger partial charge in [0.05, 0.1) is 13.7 Å². The van der Waals surface area contributed by atoms with Crippen molar-refractivity contribution >= 4 is 38.5 Å². The van der Waals surface area contributed by atoms with Crippen molar-refractivity contribution in [2.24, 2.45) is 0 Å². The summed E-state index contributed by atoms with van der Waals surface area (Å²) in [4.78, 5) is 18.8. The molecule has 0 unspecified atom stereocenters. The Hall–Kier alpha value is -0.760. The van der Waals surface area contributed by atoms with Crippen LogP contribution >= 0.6 is 38.5 Å². The minimum atomic E-state index is -0.345. The van der Waals surface area contributed by atoms with Crippen molar-refractivity contribution in [3.8, 4) is 11.4 Å². The zero-order valence-electron chi connectivity index (χ0n) is 9.43. The Labute approximate surface area is 125 Å². The summed E-state index contributed by atoms with van der Waals surface area (Å²) < 4.78 is 14.1. The molecule has 0 spiro atoms. The molecule has 0 aliphatic carbocycles. The van der Waals surface area contributed by atoms with Crippen LogP contribution < -0.4 is 5.56 Å². The second-order valence-electron chi connectivity index (χ2n) is 3.66. The Kier molecular flexibility index (Phi) is 4.16. The van der Waals surface area contributed by atoms with Gasteiger partial charge >= 0.3 is 0 Å². The average Bonchev–Trinajstić information content (AvgIpc) is 2.36. The van der Waals surface area contributed by atoms with Gasteiger partial charge in [0.1, 0.15) is 11.6 Å². The van der Waals surface area contributed by atoms with Gasteiger partial charge in [-0.2, -0.15) is 0 Å². The first-order valence-corrected chi connectivity index (χ1v) is 7.14. The summed E-state index contributed by atoms with van der Waals surface area (Å²) in [5, 5.41) is 0. The summed E-state index contributed by atoms with van der Waals surface area (Å²) in [5.74, 6) is 0.111. The third-order valence-electron chi connectivity index (χ3n) is 2.46. The first-order valence-electron chi connectivity index (χ1n) is 5.27. The maximum absolute atomic E-state index is 13.2. The van der Waals surface area contributed by atoms with Gasteiger partial charge in [0, 0.05) is 5.56 Å². The van der Waals surface area contributed by atoms with Crippen LogP contribution in [0, 0.1) is 9.39 Å². The highest BCUT2D eigenvalue weighted by Crippen LogP contribution is 2.22. The molecule has 2 rings (SSSR count). The third kappa shape index (κ3) is 2.64. The highest BCUT2D eigenvalue weighted by atomic mass is 127. The van der Waals surface area contributed by atoms with Gasteiger partial charge in [-0.1, -0.05) is 6.92 Å². The molecule has 1 N–H and O–H groups in total. The van der Waals surface area contributed by atoms with E-state index in [0.29, 0.717) is 25.9 Å². The first-order chi connectivity index (χ1) is 8.52. The van der Waals surface area contributed by atoms with Gasteiger partial charge in [-0.25, -0.2) is 9.37 Å². The highest BCUT2D eigenvalue weighted by molar-refractivity contribution is 14.1. The van der Waals surface area contributed by atoms with E-state index >= 15 is 0 Å². The van der Waals surface area contributed by atoms with Crippen LogP contribution in [0.4, 0.5) is 4.39 Å². The van der Waals surface area contributed by atoms with E-state index in [1.54, 1.807) is 12.1 Å². The summed E-state index contributed by atoms with van der Waals surface area (Å²) >= 11 is 5.09. The lowest BCUT2D eigenvalue weighted by Gasteiger charge is -2.06. The molecule has 0 atom stereocenters. The van der Waals surface area contributed by atoms with Gasteiger partial charge in [-0.3, -0.25) is 4.79 Å². The predicted molar refractivity (Wildman–Crippen MR) is 80.0 cm³/mol. The third-order valence-corrected chi connectivity index (χ3v) is 4.18. The van der Waals surface area contributed by atoms with Crippen LogP contribution in [0.3, 0.4) is 0 Å². The highest BCUT2D eigenvalue weighted by Gasteiger charge is 2.10. The first kappa shape index (κ1) is 13.7. The van der Waals surface area contributed by atoms with E-state index < -0.39 is 0 Å². The Balaban J connectivity index is 2.60. The lowest BCUT2D eigenvalue weighted by Crippen LogP contribution is -2.16. The Morgan fingerprint density at radius 1 is 1.50 bits per heavy atom. The molecule has 0 fully saturated rings. The number of nitrogens with zero attached hydrogens (tertiary/aromatic N) is 1. The molecule has 0 radical (unpaired) electrons. The van der Waals surface area contributed by atoms with E-state index in [0.717, 1.165) is 5.69 Å². The number of aromatic nitrogens is 2. The quantitative estimate of drug-likeness (QED) is 0.753. The summed E-state index contributed by atoms with van der Waals surface area (Å²) in [6, 6.07) is 4.52. The van der Waals surface area contributed by atoms with Crippen molar-refractivity contribution in [2.75, 3.05) is 0 Å². The molecule has 0 aliphatic heterocycles. The number of aromatic amines is 1. The molecule has 18 heavy (non-hydrogen) atoms. The number of hydrogen-bond acceptors (Lipinski definition) is 2. The van der Waals surface area contributed by atoms with E-state index in [9.17, 15) is 9.18 Å². The molecule has 0 aliphatic rings. The molecule has 94 valence electrons. The molecular formula is C12H9BrFIN2O. The topological polar surface area (TPSA) is 45.8 Å². The van der Waals surface area contributed by atoms with Crippen molar-refractivity contribution in [3.63, 3.8) is 0 Å². The molecule has 1 heterocycles. The van der Waals surface area contributed by atoms with Gasteiger partial charge in [0.15, 0.2) is 0 Å². The summed E-state index contributed by atoms with van der Waals surface area (Å²) in [6.45, 7) is 1.94. The second kappa shape index (κ2) is 5.48. The number of nitrogens with one attached hydrogen (secondary N) is 1. The van der Waals surface area contributed by atoms with Crippen LogP contribution in [0.25, 0.3) is 11.4 Å². The van der Waals surface area contributed by atoms with Crippen LogP contribution in [-0.4, -0.2) is 9.97 Å². The molecule has 0 saturated heterocycles. The van der Waals surface area contributed by atoms with Crippen LogP contribution in [0.5, 0.6) is 0 Å². The smallest absolute Gasteiger partial charge is 0.264 e. The van der Waals surface area contributed by atoms with Crippen LogP contribution in [-0.2, 0) is 6.42 Å². The van der Waals surface area contributed by atoms with Crippen LogP contribution in [0.1, 0.15) is 12.6 Å². The van der Waals surface area contributed by atoms with Gasteiger partial charge < -0.3 is 4.98 Å². The average molecular weight is 423 g/mol. The molecule has 3 nitrogen and oxygen atoms in total. The lowest BCUT2D eigenvalue weighted by molar-refractivity contribution is 0.621. The van der Waals surface area contributed by atoms with Crippen molar-refractivity contribution < 1.29 is 4.39 Å². The number of benzene rings is 1. The monoisotopic (exact) mass is 422 g/mol. The lowest BCUT2D eigenvalue weighted by atomic mass is 10.2. The van der Waals surface area contributed by atoms with Crippen LogP contribution in [0.2, 0.25) is 0 Å². The zero-order valence-corrected chi connectivity index (χ0v) is 13.2. The van der Waals surface area contributed by atoms with Crippen molar-refractivity contribution in [1.29, 1.82) is 0 Å². The molecule has 1 aromatic heterocycles. The number of H-pyrrole nitrogens is 1. The fourth-order valence-corrected chi connectivity index (χ4v) is 2.54. The van der Waals surface area contributed by atoms with Gasteiger partial charge in [-0.05, 0) is 63.1 Å². The fourth-order valence-electron chi connectivity index (χ4n) is 1.52. The van der Waals surface area contributed by atoms with E-state index in [2.05, 4.69) is 25.9 Å². The number of halogens is 3. The van der Waals surface area contributed by atoms with Gasteiger partial charge in [0.25, 0.3) is 5.56 Å². The second-order valence-corrected chi connectivity index (χ2v) is 5.59. The molecular weight excluding hydrogens is 414 g/mol. The zero-order chi connectivity index (χ0) is 13.3. The summed E-state index contributed by atoms with van der Waals surface area (Å²) in [5.41, 5.74) is 1.25. The normalized spacial score (nSPS) is 10.7. The Bertz CT molecular complexity index is 657. The number of hydrogen-bond donors (Lipinski definition) is 1. The summed E-state index contributed by atoms with van der Waals surface area (Å²) in [7, 11) is 0. The van der Waals surface area contributed by atoms with E-state index in [-0.39, 0.29) is 11.4 Å². The standard InChI is InChI=1S/C12H9BrFIN2O/c1-2-9-10(15)12(18)17-11(16-9)6-3-4-8(14)7(13)5-6/h3-5H,2H2,1H3,(H,16,17,18). The number of rotatable bonds is 2. The maximum atomic E-state index is 13.2. The van der Waals surface area contributed by atoms with E-state index in [4.69, 9.17) is 0 Å². The Morgan fingerprint density at radius 3 is 2.83 bits per heavy atom. The van der Waals surface area contributed by atoms with Crippen molar-refractivity contribution in [2.45, 2.75) is 13.3 Å². The molecule has 2 aromatic rings. The maximum Gasteiger partial charge on any atom is 0.264 e. The summed E-state index contributed by atoms with van der Waals surface area (Å²) in [6.07, 6.45) is 0.678. The van der Waals surface area contributed by atoms with E-state index in [1.807, 2.05) is 29.5 Å². The van der Waals surface area contributed by atoms with E-state index in [1.165, 1.54) is 6.07 Å². The Morgan fingerprint density at radius 2 is 2.22 bits per heavy atom. The minimum absolute atomic E-state index is 0.169. The van der Waals surface area contributed by atoms with Crippen molar-refractivity contribution in [3.05, 3.63) is 48.1 Å². The molecule has 0 bridgehead atoms. The molecule has 1 aromatic carbocycles. The molecule has 6 heteroatoms. The molecule has 0 saturated carbocycles. The fraction of sp³-hybridized carbons (Fsp3) is 0.167. The van der Waals surface area contributed by atoms with Crippen LogP contribution in [0.15, 0.2) is 27.5 Å². The molecule has 0 amide bonds. The van der Waals surface area contributed by atoms with Gasteiger partial charge in [0.2, 0.25) is 0 Å². The SMILES string of the molecule is CCc1nc(-c2ccc(F)c(Br)c2)[nH]c(=O)c1I. The van der Waals surface area contributed by atoms with Crippen molar-refractivity contribution in [1.82, 2.24) is 9.97 Å². The minimum Gasteiger partial charge on any atom is -0.306 e.